The lowest BCUT2D eigenvalue weighted by Crippen LogP contribution is -2.57. The fraction of sp³-hybridized carbons (Fsp3) is 0.548. The SMILES string of the molecule is COC(=O)N[C@H](C(=O)Nc1cccc(F)c1CCC[C@H]1CNC[C@@H](C)N1S(C)(=O)=O)[C@@H](c1ccc(Cl)cc1)C1CCOCC1. The summed E-state index contributed by atoms with van der Waals surface area (Å²) in [6.45, 7) is 4.00. The minimum Gasteiger partial charge on any atom is -0.453 e. The van der Waals surface area contributed by atoms with Crippen LogP contribution in [-0.2, 0) is 30.7 Å². The number of rotatable bonds is 11. The Kier molecular flexibility index (Phi) is 12.0. The monoisotopic (exact) mass is 652 g/mol. The maximum Gasteiger partial charge on any atom is 0.407 e. The molecule has 0 spiro atoms. The minimum atomic E-state index is -3.41. The average molecular weight is 653 g/mol. The van der Waals surface area contributed by atoms with Crippen molar-refractivity contribution in [2.45, 2.75) is 63.1 Å². The molecule has 2 heterocycles. The van der Waals surface area contributed by atoms with Crippen LogP contribution >= 0.6 is 11.6 Å². The van der Waals surface area contributed by atoms with E-state index >= 15 is 4.39 Å². The summed E-state index contributed by atoms with van der Waals surface area (Å²) >= 11 is 6.16. The summed E-state index contributed by atoms with van der Waals surface area (Å²) in [5.74, 6) is -1.42. The van der Waals surface area contributed by atoms with E-state index in [1.807, 2.05) is 19.1 Å². The van der Waals surface area contributed by atoms with E-state index in [1.54, 1.807) is 18.2 Å². The maximum absolute atomic E-state index is 15.2. The van der Waals surface area contributed by atoms with Crippen molar-refractivity contribution in [1.29, 1.82) is 0 Å². The summed E-state index contributed by atoms with van der Waals surface area (Å²) in [5.41, 5.74) is 1.43. The van der Waals surface area contributed by atoms with Crippen LogP contribution in [0, 0.1) is 11.7 Å². The summed E-state index contributed by atoms with van der Waals surface area (Å²) in [6, 6.07) is 10.2. The first-order valence-electron chi connectivity index (χ1n) is 14.9. The van der Waals surface area contributed by atoms with Gasteiger partial charge in [-0.2, -0.15) is 4.31 Å². The topological polar surface area (TPSA) is 126 Å². The lowest BCUT2D eigenvalue weighted by atomic mass is 9.76. The summed E-state index contributed by atoms with van der Waals surface area (Å²) in [4.78, 5) is 26.5. The number of nitrogens with zero attached hydrogens (tertiary/aromatic N) is 1. The third-order valence-electron chi connectivity index (χ3n) is 8.47. The number of halogens is 2. The van der Waals surface area contributed by atoms with Crippen molar-refractivity contribution in [1.82, 2.24) is 14.9 Å². The van der Waals surface area contributed by atoms with E-state index < -0.39 is 39.8 Å². The van der Waals surface area contributed by atoms with Crippen molar-refractivity contribution in [3.8, 4) is 0 Å². The Morgan fingerprint density at radius 1 is 1.16 bits per heavy atom. The molecule has 2 fully saturated rings. The predicted octanol–water partition coefficient (Wildman–Crippen LogP) is 4.30. The Hall–Kier alpha value is -2.77. The van der Waals surface area contributed by atoms with Gasteiger partial charge in [0.15, 0.2) is 0 Å². The summed E-state index contributed by atoms with van der Waals surface area (Å²) in [6.07, 6.45) is 3.11. The van der Waals surface area contributed by atoms with Crippen molar-refractivity contribution in [3.05, 3.63) is 64.4 Å². The Morgan fingerprint density at radius 3 is 2.52 bits per heavy atom. The molecule has 3 N–H and O–H groups in total. The largest absolute Gasteiger partial charge is 0.453 e. The zero-order valence-corrected chi connectivity index (χ0v) is 26.9. The summed E-state index contributed by atoms with van der Waals surface area (Å²) < 4.78 is 52.1. The number of benzene rings is 2. The smallest absolute Gasteiger partial charge is 0.407 e. The highest BCUT2D eigenvalue weighted by atomic mass is 35.5. The van der Waals surface area contributed by atoms with Gasteiger partial charge in [-0.05, 0) is 74.8 Å². The number of piperazine rings is 1. The van der Waals surface area contributed by atoms with Crippen LogP contribution < -0.4 is 16.0 Å². The van der Waals surface area contributed by atoms with E-state index in [0.29, 0.717) is 68.3 Å². The molecule has 4 rings (SSSR count). The Morgan fingerprint density at radius 2 is 1.86 bits per heavy atom. The number of anilines is 1. The normalized spacial score (nSPS) is 21.3. The molecule has 0 bridgehead atoms. The molecule has 0 aliphatic carbocycles. The van der Waals surface area contributed by atoms with Crippen molar-refractivity contribution in [2.75, 3.05) is 45.0 Å². The number of sulfonamides is 1. The molecule has 2 aliphatic heterocycles. The molecule has 10 nitrogen and oxygen atoms in total. The van der Waals surface area contributed by atoms with Crippen LogP contribution in [0.15, 0.2) is 42.5 Å². The number of alkyl carbamates (subject to hydrolysis) is 1. The first-order chi connectivity index (χ1) is 21.0. The number of amides is 2. The first-order valence-corrected chi connectivity index (χ1v) is 17.2. The van der Waals surface area contributed by atoms with Crippen LogP contribution in [0.2, 0.25) is 5.02 Å². The number of carbonyl (C=O) groups excluding carboxylic acids is 2. The number of carbonyl (C=O) groups is 2. The van der Waals surface area contributed by atoms with E-state index in [4.69, 9.17) is 21.1 Å². The second-order valence-corrected chi connectivity index (χ2v) is 13.9. The van der Waals surface area contributed by atoms with Gasteiger partial charge in [0.2, 0.25) is 15.9 Å². The molecule has 2 aliphatic rings. The van der Waals surface area contributed by atoms with Crippen LogP contribution in [0.4, 0.5) is 14.9 Å². The quantitative estimate of drug-likeness (QED) is 0.331. The standard InChI is InChI=1S/C31H42ClFN4O6S/c1-20-18-34-19-24(37(20)44(3,40)41)6-4-7-25-26(33)8-5-9-27(25)35-30(38)29(36-31(39)42-2)28(22-14-16-43-17-15-22)21-10-12-23(32)13-11-21/h5,8-13,20,22,24,28-29,34H,4,6-7,14-19H2,1-3H3,(H,35,38)(H,36,39)/t20-,24+,28+,29+/m1/s1. The zero-order chi connectivity index (χ0) is 31.9. The Labute approximate surface area is 264 Å². The second kappa shape index (κ2) is 15.5. The van der Waals surface area contributed by atoms with Gasteiger partial charge in [0.05, 0.1) is 13.4 Å². The molecule has 44 heavy (non-hydrogen) atoms. The van der Waals surface area contributed by atoms with Gasteiger partial charge in [-0.3, -0.25) is 4.79 Å². The Bertz CT molecular complexity index is 1390. The van der Waals surface area contributed by atoms with Crippen molar-refractivity contribution < 1.29 is 31.9 Å². The highest BCUT2D eigenvalue weighted by Crippen LogP contribution is 2.36. The predicted molar refractivity (Wildman–Crippen MR) is 168 cm³/mol. The molecule has 2 aromatic carbocycles. The summed E-state index contributed by atoms with van der Waals surface area (Å²) in [5, 5.41) is 9.43. The minimum absolute atomic E-state index is 0.00842. The van der Waals surface area contributed by atoms with E-state index in [1.165, 1.54) is 29.8 Å². The van der Waals surface area contributed by atoms with Crippen LogP contribution in [0.25, 0.3) is 0 Å². The lowest BCUT2D eigenvalue weighted by Gasteiger charge is -2.39. The highest BCUT2D eigenvalue weighted by molar-refractivity contribution is 7.88. The van der Waals surface area contributed by atoms with Crippen LogP contribution in [0.1, 0.15) is 49.7 Å². The van der Waals surface area contributed by atoms with Crippen LogP contribution in [0.3, 0.4) is 0 Å². The molecule has 0 aromatic heterocycles. The molecule has 2 amide bonds. The van der Waals surface area contributed by atoms with Crippen molar-refractivity contribution >= 4 is 39.3 Å². The molecule has 0 saturated carbocycles. The van der Waals surface area contributed by atoms with E-state index in [9.17, 15) is 18.0 Å². The maximum atomic E-state index is 15.2. The van der Waals surface area contributed by atoms with Gasteiger partial charge in [-0.25, -0.2) is 17.6 Å². The number of hydrogen-bond acceptors (Lipinski definition) is 7. The first kappa shape index (κ1) is 34.1. The molecule has 2 aromatic rings. The molecule has 0 unspecified atom stereocenters. The van der Waals surface area contributed by atoms with Gasteiger partial charge >= 0.3 is 6.09 Å². The molecular weight excluding hydrogens is 611 g/mol. The van der Waals surface area contributed by atoms with Gasteiger partial charge in [0.25, 0.3) is 0 Å². The molecule has 2 saturated heterocycles. The van der Waals surface area contributed by atoms with Crippen molar-refractivity contribution in [3.63, 3.8) is 0 Å². The third-order valence-corrected chi connectivity index (χ3v) is 10.1. The molecule has 0 radical (unpaired) electrons. The number of methoxy groups -OCH3 is 1. The number of nitrogens with one attached hydrogen (secondary N) is 3. The molecule has 13 heteroatoms. The fourth-order valence-electron chi connectivity index (χ4n) is 6.48. The van der Waals surface area contributed by atoms with E-state index in [2.05, 4.69) is 16.0 Å². The highest BCUT2D eigenvalue weighted by Gasteiger charge is 2.38. The van der Waals surface area contributed by atoms with Gasteiger partial charge in [-0.15, -0.1) is 0 Å². The molecular formula is C31H42ClFN4O6S. The third kappa shape index (κ3) is 8.69. The lowest BCUT2D eigenvalue weighted by molar-refractivity contribution is -0.119. The molecule has 4 atom stereocenters. The van der Waals surface area contributed by atoms with E-state index in [-0.39, 0.29) is 24.4 Å². The summed E-state index contributed by atoms with van der Waals surface area (Å²) in [7, 11) is -2.18. The van der Waals surface area contributed by atoms with Gasteiger partial charge in [-0.1, -0.05) is 29.8 Å². The van der Waals surface area contributed by atoms with Gasteiger partial charge < -0.3 is 25.4 Å². The Balaban J connectivity index is 1.57. The van der Waals surface area contributed by atoms with Crippen LogP contribution in [-0.4, -0.2) is 82.5 Å². The number of ether oxygens (including phenoxy) is 2. The van der Waals surface area contributed by atoms with Gasteiger partial charge in [0.1, 0.15) is 11.9 Å². The van der Waals surface area contributed by atoms with Crippen molar-refractivity contribution in [2.24, 2.45) is 5.92 Å². The van der Waals surface area contributed by atoms with Crippen LogP contribution in [0.5, 0.6) is 0 Å². The number of hydrogen-bond donors (Lipinski definition) is 3. The average Bonchev–Trinajstić information content (AvgIpc) is 2.99. The van der Waals surface area contributed by atoms with E-state index in [0.717, 1.165) is 5.56 Å². The zero-order valence-electron chi connectivity index (χ0n) is 25.4. The fourth-order valence-corrected chi connectivity index (χ4v) is 8.06. The van der Waals surface area contributed by atoms with Gasteiger partial charge in [0, 0.05) is 60.6 Å². The second-order valence-electron chi connectivity index (χ2n) is 11.5. The molecule has 242 valence electrons.